The van der Waals surface area contributed by atoms with E-state index in [1.54, 1.807) is 0 Å². The highest BCUT2D eigenvalue weighted by atomic mass is 32.2. The highest BCUT2D eigenvalue weighted by molar-refractivity contribution is 7.99. The van der Waals surface area contributed by atoms with E-state index in [9.17, 15) is 4.79 Å². The molecule has 0 aliphatic carbocycles. The molecule has 66 valence electrons. The van der Waals surface area contributed by atoms with Gasteiger partial charge in [-0.25, -0.2) is 0 Å². The fraction of sp³-hybridized carbons (Fsp3) is 0.875. The lowest BCUT2D eigenvalue weighted by molar-refractivity contribution is -0.117. The molecule has 0 saturated heterocycles. The zero-order valence-electron chi connectivity index (χ0n) is 7.30. The van der Waals surface area contributed by atoms with Gasteiger partial charge in [0.1, 0.15) is 0 Å². The number of carbonyl (C=O) groups excluding carboxylic acids is 1. The molecule has 0 saturated carbocycles. The molecule has 0 heterocycles. The summed E-state index contributed by atoms with van der Waals surface area (Å²) in [6, 6.07) is 0. The Kier molecular flexibility index (Phi) is 6.42. The molecule has 0 bridgehead atoms. The number of carbonyl (C=O) groups is 1. The summed E-state index contributed by atoms with van der Waals surface area (Å²) in [6.45, 7) is 4.40. The van der Waals surface area contributed by atoms with E-state index in [4.69, 9.17) is 5.73 Å². The average molecular weight is 175 g/mol. The van der Waals surface area contributed by atoms with Gasteiger partial charge in [0, 0.05) is 12.2 Å². The van der Waals surface area contributed by atoms with Crippen LogP contribution in [0.2, 0.25) is 0 Å². The molecule has 2 N–H and O–H groups in total. The third-order valence-corrected chi connectivity index (χ3v) is 2.89. The number of hydrogen-bond acceptors (Lipinski definition) is 2. The quantitative estimate of drug-likeness (QED) is 0.624. The maximum absolute atomic E-state index is 10.3. The number of thioether (sulfide) groups is 1. The Morgan fingerprint density at radius 1 is 1.64 bits per heavy atom. The van der Waals surface area contributed by atoms with Crippen molar-refractivity contribution in [2.45, 2.75) is 26.7 Å². The molecule has 1 atom stereocenters. The lowest BCUT2D eigenvalue weighted by Crippen LogP contribution is -2.11. The Morgan fingerprint density at radius 3 is 2.73 bits per heavy atom. The van der Waals surface area contributed by atoms with Crippen molar-refractivity contribution in [3.8, 4) is 0 Å². The van der Waals surface area contributed by atoms with Crippen molar-refractivity contribution in [2.75, 3.05) is 11.5 Å². The van der Waals surface area contributed by atoms with Crippen LogP contribution in [0.1, 0.15) is 26.7 Å². The third-order valence-electron chi connectivity index (χ3n) is 1.59. The van der Waals surface area contributed by atoms with Crippen LogP contribution in [0, 0.1) is 5.92 Å². The second-order valence-corrected chi connectivity index (χ2v) is 3.95. The molecular weight excluding hydrogens is 158 g/mol. The molecule has 0 rings (SSSR count). The lowest BCUT2D eigenvalue weighted by atomic mass is 10.2. The summed E-state index contributed by atoms with van der Waals surface area (Å²) in [5.41, 5.74) is 4.99. The molecule has 3 heteroatoms. The van der Waals surface area contributed by atoms with Crippen molar-refractivity contribution < 1.29 is 4.79 Å². The average Bonchev–Trinajstić information content (AvgIpc) is 1.97. The van der Waals surface area contributed by atoms with E-state index in [0.717, 1.165) is 17.4 Å². The fourth-order valence-corrected chi connectivity index (χ4v) is 1.73. The van der Waals surface area contributed by atoms with E-state index in [2.05, 4.69) is 13.8 Å². The van der Waals surface area contributed by atoms with Gasteiger partial charge in [0.25, 0.3) is 0 Å². The van der Waals surface area contributed by atoms with Crippen LogP contribution in [0.15, 0.2) is 0 Å². The maximum atomic E-state index is 10.3. The van der Waals surface area contributed by atoms with Gasteiger partial charge in [-0.1, -0.05) is 20.3 Å². The first-order chi connectivity index (χ1) is 5.16. The van der Waals surface area contributed by atoms with Crippen LogP contribution < -0.4 is 5.73 Å². The summed E-state index contributed by atoms with van der Waals surface area (Å²) in [6.07, 6.45) is 1.73. The Labute approximate surface area is 72.9 Å². The SMILES string of the molecule is CCC(C)CSCCC(N)=O. The molecule has 0 fully saturated rings. The van der Waals surface area contributed by atoms with Gasteiger partial charge in [0.15, 0.2) is 0 Å². The number of nitrogens with two attached hydrogens (primary N) is 1. The van der Waals surface area contributed by atoms with E-state index in [1.807, 2.05) is 11.8 Å². The van der Waals surface area contributed by atoms with Crippen LogP contribution in [0.4, 0.5) is 0 Å². The van der Waals surface area contributed by atoms with Gasteiger partial charge in [-0.3, -0.25) is 4.79 Å². The normalized spacial score (nSPS) is 12.9. The third kappa shape index (κ3) is 7.72. The van der Waals surface area contributed by atoms with E-state index in [-0.39, 0.29) is 5.91 Å². The predicted molar refractivity (Wildman–Crippen MR) is 50.6 cm³/mol. The van der Waals surface area contributed by atoms with Gasteiger partial charge in [-0.2, -0.15) is 11.8 Å². The Hall–Kier alpha value is -0.180. The second kappa shape index (κ2) is 6.53. The van der Waals surface area contributed by atoms with Crippen LogP contribution in [0.25, 0.3) is 0 Å². The highest BCUT2D eigenvalue weighted by Crippen LogP contribution is 2.11. The molecular formula is C8H17NOS. The zero-order chi connectivity index (χ0) is 8.69. The molecule has 0 aromatic heterocycles. The van der Waals surface area contributed by atoms with Gasteiger partial charge in [-0.15, -0.1) is 0 Å². The number of amides is 1. The molecule has 0 aliphatic heterocycles. The van der Waals surface area contributed by atoms with Crippen molar-refractivity contribution in [2.24, 2.45) is 11.7 Å². The van der Waals surface area contributed by atoms with E-state index in [1.165, 1.54) is 6.42 Å². The van der Waals surface area contributed by atoms with Crippen LogP contribution in [0.5, 0.6) is 0 Å². The van der Waals surface area contributed by atoms with E-state index in [0.29, 0.717) is 6.42 Å². The molecule has 0 radical (unpaired) electrons. The van der Waals surface area contributed by atoms with Gasteiger partial charge in [0.05, 0.1) is 0 Å². The predicted octanol–water partition coefficient (Wildman–Crippen LogP) is 1.64. The second-order valence-electron chi connectivity index (χ2n) is 2.80. The topological polar surface area (TPSA) is 43.1 Å². The minimum absolute atomic E-state index is 0.193. The van der Waals surface area contributed by atoms with Crippen molar-refractivity contribution in [1.29, 1.82) is 0 Å². The molecule has 1 unspecified atom stereocenters. The summed E-state index contributed by atoms with van der Waals surface area (Å²) >= 11 is 1.81. The first-order valence-corrected chi connectivity index (χ1v) is 5.18. The molecule has 0 aromatic carbocycles. The van der Waals surface area contributed by atoms with Gasteiger partial charge >= 0.3 is 0 Å². The lowest BCUT2D eigenvalue weighted by Gasteiger charge is -2.05. The van der Waals surface area contributed by atoms with Crippen LogP contribution in [-0.4, -0.2) is 17.4 Å². The Bertz CT molecular complexity index is 117. The molecule has 0 spiro atoms. The van der Waals surface area contributed by atoms with Crippen molar-refractivity contribution in [1.82, 2.24) is 0 Å². The van der Waals surface area contributed by atoms with E-state index < -0.39 is 0 Å². The Balaban J connectivity index is 3.08. The van der Waals surface area contributed by atoms with Crippen molar-refractivity contribution >= 4 is 17.7 Å². The smallest absolute Gasteiger partial charge is 0.218 e. The molecule has 11 heavy (non-hydrogen) atoms. The summed E-state index contributed by atoms with van der Waals surface area (Å²) in [7, 11) is 0. The standard InChI is InChI=1S/C8H17NOS/c1-3-7(2)6-11-5-4-8(9)10/h7H,3-6H2,1-2H3,(H2,9,10). The van der Waals surface area contributed by atoms with Gasteiger partial charge < -0.3 is 5.73 Å². The molecule has 2 nitrogen and oxygen atoms in total. The largest absolute Gasteiger partial charge is 0.370 e. The zero-order valence-corrected chi connectivity index (χ0v) is 8.12. The molecule has 0 aliphatic rings. The molecule has 1 amide bonds. The van der Waals surface area contributed by atoms with Gasteiger partial charge in [0.2, 0.25) is 5.91 Å². The van der Waals surface area contributed by atoms with Crippen LogP contribution in [0.3, 0.4) is 0 Å². The summed E-state index contributed by atoms with van der Waals surface area (Å²) < 4.78 is 0. The van der Waals surface area contributed by atoms with E-state index >= 15 is 0 Å². The van der Waals surface area contributed by atoms with Crippen LogP contribution in [-0.2, 0) is 4.79 Å². The monoisotopic (exact) mass is 175 g/mol. The van der Waals surface area contributed by atoms with Crippen molar-refractivity contribution in [3.63, 3.8) is 0 Å². The Morgan fingerprint density at radius 2 is 2.27 bits per heavy atom. The summed E-state index contributed by atoms with van der Waals surface area (Å²) in [5, 5.41) is 0. The van der Waals surface area contributed by atoms with Crippen LogP contribution >= 0.6 is 11.8 Å². The minimum Gasteiger partial charge on any atom is -0.370 e. The van der Waals surface area contributed by atoms with Gasteiger partial charge in [-0.05, 0) is 11.7 Å². The maximum Gasteiger partial charge on any atom is 0.218 e. The fourth-order valence-electron chi connectivity index (χ4n) is 0.575. The number of rotatable bonds is 6. The minimum atomic E-state index is -0.193. The molecule has 0 aromatic rings. The first-order valence-electron chi connectivity index (χ1n) is 4.02. The summed E-state index contributed by atoms with van der Waals surface area (Å²) in [5.74, 6) is 2.58. The first kappa shape index (κ1) is 10.8. The number of primary amides is 1. The summed E-state index contributed by atoms with van der Waals surface area (Å²) in [4.78, 5) is 10.3. The highest BCUT2D eigenvalue weighted by Gasteiger charge is 1.99. The number of hydrogen-bond donors (Lipinski definition) is 1. The van der Waals surface area contributed by atoms with Crippen molar-refractivity contribution in [3.05, 3.63) is 0 Å².